The highest BCUT2D eigenvalue weighted by Gasteiger charge is 2.18. The molecule has 74 valence electrons. The lowest BCUT2D eigenvalue weighted by molar-refractivity contribution is -0.0316. The lowest BCUT2D eigenvalue weighted by Crippen LogP contribution is -2.21. The van der Waals surface area contributed by atoms with E-state index in [1.165, 1.54) is 6.07 Å². The summed E-state index contributed by atoms with van der Waals surface area (Å²) in [5.41, 5.74) is 1.10. The predicted octanol–water partition coefficient (Wildman–Crippen LogP) is 1.03. The van der Waals surface area contributed by atoms with Gasteiger partial charge in [-0.15, -0.1) is 0 Å². The number of carboxylic acids is 1. The van der Waals surface area contributed by atoms with Crippen LogP contribution in [0.15, 0.2) is 18.2 Å². The lowest BCUT2D eigenvalue weighted by Gasteiger charge is -2.21. The van der Waals surface area contributed by atoms with Gasteiger partial charge in [-0.25, -0.2) is 4.79 Å². The van der Waals surface area contributed by atoms with Crippen LogP contribution in [0.3, 0.4) is 0 Å². The van der Waals surface area contributed by atoms with Gasteiger partial charge in [0.25, 0.3) is 0 Å². The van der Waals surface area contributed by atoms with E-state index in [4.69, 9.17) is 9.84 Å². The van der Waals surface area contributed by atoms with Gasteiger partial charge in [0.05, 0.1) is 5.56 Å². The van der Waals surface area contributed by atoms with Crippen LogP contribution in [0.1, 0.15) is 22.3 Å². The predicted molar refractivity (Wildman–Crippen MR) is 48.4 cm³/mol. The number of aromatic carboxylic acids is 1. The lowest BCUT2D eigenvalue weighted by atomic mass is 10.0. The number of carboxylic acid groups (broad SMARTS) is 1. The fourth-order valence-electron chi connectivity index (χ4n) is 1.51. The maximum atomic E-state index is 10.7. The standard InChI is InChI=1S/C10H10O4/c11-9-4-2-6-5-7(10(12)13)1-3-8(6)14-9/h1,3,5,9,11H,2,4H2,(H,12,13). The number of hydrogen-bond donors (Lipinski definition) is 2. The second-order valence-corrected chi connectivity index (χ2v) is 3.24. The molecule has 1 heterocycles. The Morgan fingerprint density at radius 1 is 1.50 bits per heavy atom. The SMILES string of the molecule is O=C(O)c1ccc2c(c1)CCC(O)O2. The summed E-state index contributed by atoms with van der Waals surface area (Å²) in [5.74, 6) is -0.368. The van der Waals surface area contributed by atoms with Gasteiger partial charge >= 0.3 is 5.97 Å². The molecule has 0 bridgehead atoms. The first-order valence-corrected chi connectivity index (χ1v) is 4.38. The zero-order chi connectivity index (χ0) is 10.1. The van der Waals surface area contributed by atoms with E-state index < -0.39 is 12.3 Å². The molecule has 1 aromatic carbocycles. The highest BCUT2D eigenvalue weighted by atomic mass is 16.6. The number of benzene rings is 1. The normalized spacial score (nSPS) is 19.6. The summed E-state index contributed by atoms with van der Waals surface area (Å²) in [5, 5.41) is 17.9. The number of ether oxygens (including phenoxy) is 1. The number of hydrogen-bond acceptors (Lipinski definition) is 3. The molecule has 4 heteroatoms. The van der Waals surface area contributed by atoms with Crippen LogP contribution in [0.25, 0.3) is 0 Å². The largest absolute Gasteiger partial charge is 0.478 e. The Bertz CT molecular complexity index is 372. The van der Waals surface area contributed by atoms with Crippen LogP contribution in [0.4, 0.5) is 0 Å². The molecule has 0 aromatic heterocycles. The number of aryl methyl sites for hydroxylation is 1. The van der Waals surface area contributed by atoms with Gasteiger partial charge in [-0.3, -0.25) is 0 Å². The van der Waals surface area contributed by atoms with E-state index >= 15 is 0 Å². The van der Waals surface area contributed by atoms with E-state index in [9.17, 15) is 9.90 Å². The molecule has 1 aromatic rings. The van der Waals surface area contributed by atoms with Crippen molar-refractivity contribution in [3.05, 3.63) is 29.3 Å². The van der Waals surface area contributed by atoms with Gasteiger partial charge in [0.15, 0.2) is 6.29 Å². The molecule has 1 aliphatic rings. The molecular formula is C10H10O4. The number of fused-ring (bicyclic) bond motifs is 1. The van der Waals surface area contributed by atoms with Crippen molar-refractivity contribution in [3.63, 3.8) is 0 Å². The fraction of sp³-hybridized carbons (Fsp3) is 0.300. The average molecular weight is 194 g/mol. The van der Waals surface area contributed by atoms with Gasteiger partial charge in [-0.05, 0) is 30.2 Å². The molecule has 2 N–H and O–H groups in total. The van der Waals surface area contributed by atoms with Crippen LogP contribution in [0.5, 0.6) is 5.75 Å². The summed E-state index contributed by atoms with van der Waals surface area (Å²) in [6, 6.07) is 4.64. The van der Waals surface area contributed by atoms with Crippen molar-refractivity contribution in [2.45, 2.75) is 19.1 Å². The minimum atomic E-state index is -0.945. The van der Waals surface area contributed by atoms with E-state index in [2.05, 4.69) is 0 Å². The van der Waals surface area contributed by atoms with Crippen LogP contribution in [-0.4, -0.2) is 22.5 Å². The van der Waals surface area contributed by atoms with Gasteiger partial charge in [0, 0.05) is 6.42 Å². The molecule has 4 nitrogen and oxygen atoms in total. The third-order valence-electron chi connectivity index (χ3n) is 2.23. The summed E-state index contributed by atoms with van der Waals surface area (Å²) in [6.07, 6.45) is 0.395. The Kier molecular flexibility index (Phi) is 2.13. The Morgan fingerprint density at radius 2 is 2.29 bits per heavy atom. The van der Waals surface area contributed by atoms with Crippen LogP contribution < -0.4 is 4.74 Å². The molecule has 1 aliphatic heterocycles. The fourth-order valence-corrected chi connectivity index (χ4v) is 1.51. The first-order valence-electron chi connectivity index (χ1n) is 4.38. The van der Waals surface area contributed by atoms with Gasteiger partial charge in [-0.2, -0.15) is 0 Å². The molecular weight excluding hydrogens is 184 g/mol. The van der Waals surface area contributed by atoms with Crippen LogP contribution in [0, 0.1) is 0 Å². The van der Waals surface area contributed by atoms with E-state index in [1.54, 1.807) is 12.1 Å². The average Bonchev–Trinajstić information content (AvgIpc) is 2.16. The minimum absolute atomic E-state index is 0.253. The number of carbonyl (C=O) groups is 1. The maximum absolute atomic E-state index is 10.7. The Hall–Kier alpha value is -1.55. The Morgan fingerprint density at radius 3 is 3.00 bits per heavy atom. The third-order valence-corrected chi connectivity index (χ3v) is 2.23. The highest BCUT2D eigenvalue weighted by molar-refractivity contribution is 5.88. The van der Waals surface area contributed by atoms with E-state index in [-0.39, 0.29) is 5.56 Å². The summed E-state index contributed by atoms with van der Waals surface area (Å²) >= 11 is 0. The second-order valence-electron chi connectivity index (χ2n) is 3.24. The van der Waals surface area contributed by atoms with Crippen molar-refractivity contribution in [1.29, 1.82) is 0 Å². The molecule has 1 atom stereocenters. The second kappa shape index (κ2) is 3.31. The van der Waals surface area contributed by atoms with Crippen LogP contribution in [0.2, 0.25) is 0 Å². The zero-order valence-electron chi connectivity index (χ0n) is 7.43. The van der Waals surface area contributed by atoms with Gasteiger partial charge in [0.2, 0.25) is 0 Å². The van der Waals surface area contributed by atoms with Gasteiger partial charge in [-0.1, -0.05) is 0 Å². The maximum Gasteiger partial charge on any atom is 0.335 e. The van der Waals surface area contributed by atoms with Gasteiger partial charge in [0.1, 0.15) is 5.75 Å². The van der Waals surface area contributed by atoms with Crippen LogP contribution >= 0.6 is 0 Å². The monoisotopic (exact) mass is 194 g/mol. The smallest absolute Gasteiger partial charge is 0.335 e. The molecule has 0 spiro atoms. The summed E-state index contributed by atoms with van der Waals surface area (Å²) < 4.78 is 5.13. The topological polar surface area (TPSA) is 66.8 Å². The molecule has 0 saturated heterocycles. The highest BCUT2D eigenvalue weighted by Crippen LogP contribution is 2.27. The Labute approximate surface area is 80.7 Å². The molecule has 0 aliphatic carbocycles. The molecule has 0 saturated carbocycles. The van der Waals surface area contributed by atoms with E-state index in [0.29, 0.717) is 18.6 Å². The summed E-state index contributed by atoms with van der Waals surface area (Å²) in [7, 11) is 0. The van der Waals surface area contributed by atoms with Crippen molar-refractivity contribution in [2.75, 3.05) is 0 Å². The molecule has 0 amide bonds. The number of rotatable bonds is 1. The van der Waals surface area contributed by atoms with E-state index in [1.807, 2.05) is 0 Å². The van der Waals surface area contributed by atoms with Crippen LogP contribution in [-0.2, 0) is 6.42 Å². The first kappa shape index (κ1) is 9.02. The quantitative estimate of drug-likeness (QED) is 0.700. The van der Waals surface area contributed by atoms with Crippen molar-refractivity contribution in [1.82, 2.24) is 0 Å². The van der Waals surface area contributed by atoms with Crippen molar-refractivity contribution >= 4 is 5.97 Å². The van der Waals surface area contributed by atoms with Crippen molar-refractivity contribution in [3.8, 4) is 5.75 Å². The molecule has 0 fully saturated rings. The van der Waals surface area contributed by atoms with Crippen molar-refractivity contribution < 1.29 is 19.7 Å². The van der Waals surface area contributed by atoms with Gasteiger partial charge < -0.3 is 14.9 Å². The Balaban J connectivity index is 2.36. The summed E-state index contributed by atoms with van der Waals surface area (Å²) in [6.45, 7) is 0. The molecule has 1 unspecified atom stereocenters. The zero-order valence-corrected chi connectivity index (χ0v) is 7.43. The molecule has 0 radical (unpaired) electrons. The molecule has 2 rings (SSSR count). The minimum Gasteiger partial charge on any atom is -0.478 e. The van der Waals surface area contributed by atoms with Crippen molar-refractivity contribution in [2.24, 2.45) is 0 Å². The first-order chi connectivity index (χ1) is 6.66. The van der Waals surface area contributed by atoms with E-state index in [0.717, 1.165) is 5.56 Å². The number of aliphatic hydroxyl groups excluding tert-OH is 1. The third kappa shape index (κ3) is 1.56. The molecule has 14 heavy (non-hydrogen) atoms. The summed E-state index contributed by atoms with van der Waals surface area (Å²) in [4.78, 5) is 10.7. The number of aliphatic hydroxyl groups is 1.